The number of imidazole rings is 1. The van der Waals surface area contributed by atoms with Crippen molar-refractivity contribution in [3.8, 4) is 5.75 Å². The molecule has 1 aliphatic rings. The maximum absolute atomic E-state index is 12.8. The number of carbonyl (C=O) groups is 1. The van der Waals surface area contributed by atoms with E-state index in [0.717, 1.165) is 42.0 Å². The average molecular weight is 363 g/mol. The van der Waals surface area contributed by atoms with E-state index < -0.39 is 0 Å². The molecule has 5 nitrogen and oxygen atoms in total. The van der Waals surface area contributed by atoms with Crippen molar-refractivity contribution in [3.63, 3.8) is 0 Å². The molecule has 2 heterocycles. The molecule has 0 bridgehead atoms. The van der Waals surface area contributed by atoms with E-state index in [-0.39, 0.29) is 11.9 Å². The van der Waals surface area contributed by atoms with Gasteiger partial charge in [0.1, 0.15) is 11.6 Å². The van der Waals surface area contributed by atoms with Crippen molar-refractivity contribution in [3.05, 3.63) is 59.9 Å². The van der Waals surface area contributed by atoms with Crippen molar-refractivity contribution in [2.45, 2.75) is 38.6 Å². The minimum atomic E-state index is 0.170. The summed E-state index contributed by atoms with van der Waals surface area (Å²) >= 11 is 0. The average Bonchev–Trinajstić information content (AvgIpc) is 3.34. The van der Waals surface area contributed by atoms with E-state index in [2.05, 4.69) is 22.1 Å². The summed E-state index contributed by atoms with van der Waals surface area (Å²) in [6.07, 6.45) is 3.19. The highest BCUT2D eigenvalue weighted by Gasteiger charge is 2.29. The highest BCUT2D eigenvalue weighted by molar-refractivity contribution is 5.78. The molecule has 4 rings (SSSR count). The molecule has 1 amide bonds. The topological polar surface area (TPSA) is 58.2 Å². The molecule has 2 aromatic carbocycles. The number of rotatable bonds is 6. The Morgan fingerprint density at radius 1 is 1.22 bits per heavy atom. The van der Waals surface area contributed by atoms with Gasteiger partial charge in [0.05, 0.1) is 23.7 Å². The second kappa shape index (κ2) is 7.82. The van der Waals surface area contributed by atoms with Crippen molar-refractivity contribution < 1.29 is 9.53 Å². The van der Waals surface area contributed by atoms with Gasteiger partial charge in [0.15, 0.2) is 0 Å². The molecule has 0 radical (unpaired) electrons. The van der Waals surface area contributed by atoms with E-state index >= 15 is 0 Å². The van der Waals surface area contributed by atoms with E-state index in [1.165, 1.54) is 5.56 Å². The lowest BCUT2D eigenvalue weighted by Gasteiger charge is -2.25. The first-order valence-electron chi connectivity index (χ1n) is 9.70. The van der Waals surface area contributed by atoms with Gasteiger partial charge >= 0.3 is 0 Å². The lowest BCUT2D eigenvalue weighted by molar-refractivity contribution is -0.132. The van der Waals surface area contributed by atoms with E-state index in [9.17, 15) is 4.79 Å². The number of aromatic amines is 1. The quantitative estimate of drug-likeness (QED) is 0.712. The van der Waals surface area contributed by atoms with Crippen LogP contribution in [0, 0.1) is 0 Å². The summed E-state index contributed by atoms with van der Waals surface area (Å²) in [6, 6.07) is 16.3. The Bertz CT molecular complexity index is 884. The molecule has 27 heavy (non-hydrogen) atoms. The summed E-state index contributed by atoms with van der Waals surface area (Å²) in [5.74, 6) is 1.95. The highest BCUT2D eigenvalue weighted by Crippen LogP contribution is 2.33. The third kappa shape index (κ3) is 3.82. The van der Waals surface area contributed by atoms with Crippen LogP contribution >= 0.6 is 0 Å². The zero-order valence-corrected chi connectivity index (χ0v) is 15.6. The number of para-hydroxylation sites is 2. The molecule has 1 N–H and O–H groups in total. The predicted molar refractivity (Wildman–Crippen MR) is 106 cm³/mol. The molecule has 1 atom stereocenters. The number of carbonyl (C=O) groups excluding carboxylic acids is 1. The number of fused-ring (bicyclic) bond motifs is 1. The molecule has 140 valence electrons. The molecule has 0 aliphatic carbocycles. The van der Waals surface area contributed by atoms with Crippen LogP contribution in [0.5, 0.6) is 5.75 Å². The Morgan fingerprint density at radius 2 is 2.04 bits per heavy atom. The van der Waals surface area contributed by atoms with Crippen LogP contribution in [0.25, 0.3) is 11.0 Å². The number of amides is 1. The van der Waals surface area contributed by atoms with Crippen molar-refractivity contribution in [1.82, 2.24) is 14.9 Å². The number of benzene rings is 2. The number of aryl methyl sites for hydroxylation is 1. The lowest BCUT2D eigenvalue weighted by atomic mass is 10.0. The van der Waals surface area contributed by atoms with Gasteiger partial charge in [-0.25, -0.2) is 4.98 Å². The van der Waals surface area contributed by atoms with Crippen molar-refractivity contribution in [2.24, 2.45) is 0 Å². The first kappa shape index (κ1) is 17.6. The van der Waals surface area contributed by atoms with Crippen LogP contribution in [0.1, 0.15) is 43.6 Å². The lowest BCUT2D eigenvalue weighted by Crippen LogP contribution is -2.30. The van der Waals surface area contributed by atoms with Crippen LogP contribution in [0.2, 0.25) is 0 Å². The minimum absolute atomic E-state index is 0.170. The monoisotopic (exact) mass is 363 g/mol. The van der Waals surface area contributed by atoms with Crippen molar-refractivity contribution in [1.29, 1.82) is 0 Å². The fourth-order valence-electron chi connectivity index (χ4n) is 3.86. The van der Waals surface area contributed by atoms with Crippen LogP contribution in [-0.4, -0.2) is 33.9 Å². The van der Waals surface area contributed by atoms with Gasteiger partial charge < -0.3 is 14.6 Å². The smallest absolute Gasteiger partial charge is 0.223 e. The third-order valence-corrected chi connectivity index (χ3v) is 5.16. The molecule has 0 saturated carbocycles. The van der Waals surface area contributed by atoms with Gasteiger partial charge in [-0.3, -0.25) is 4.79 Å². The fourth-order valence-corrected chi connectivity index (χ4v) is 3.86. The number of nitrogens with zero attached hydrogens (tertiary/aromatic N) is 2. The maximum Gasteiger partial charge on any atom is 0.223 e. The Labute approximate surface area is 159 Å². The highest BCUT2D eigenvalue weighted by atomic mass is 16.5. The zero-order valence-electron chi connectivity index (χ0n) is 15.6. The van der Waals surface area contributed by atoms with Crippen molar-refractivity contribution in [2.75, 3.05) is 13.2 Å². The standard InChI is InChI=1S/C22H25N3O2/c1-2-27-17-11-9-16(10-12-17)20-8-5-15-25(20)22(26)14-13-21-23-18-6-3-4-7-19(18)24-21/h3-4,6-7,9-12,20H,2,5,8,13-15H2,1H3,(H,23,24)/t20-/m0/s1. The molecule has 0 spiro atoms. The Balaban J connectivity index is 1.41. The number of hydrogen-bond acceptors (Lipinski definition) is 3. The predicted octanol–water partition coefficient (Wildman–Crippen LogP) is 4.26. The summed E-state index contributed by atoms with van der Waals surface area (Å²) in [4.78, 5) is 22.8. The number of H-pyrrole nitrogens is 1. The summed E-state index contributed by atoms with van der Waals surface area (Å²) in [5.41, 5.74) is 3.16. The molecule has 5 heteroatoms. The van der Waals surface area contributed by atoms with E-state index in [4.69, 9.17) is 4.74 Å². The fraction of sp³-hybridized carbons (Fsp3) is 0.364. The largest absolute Gasteiger partial charge is 0.494 e. The third-order valence-electron chi connectivity index (χ3n) is 5.16. The maximum atomic E-state index is 12.8. The van der Waals surface area contributed by atoms with Crippen molar-refractivity contribution >= 4 is 16.9 Å². The van der Waals surface area contributed by atoms with Gasteiger partial charge in [-0.05, 0) is 49.6 Å². The first-order chi connectivity index (χ1) is 13.2. The van der Waals surface area contributed by atoms with E-state index in [0.29, 0.717) is 19.4 Å². The number of hydrogen-bond donors (Lipinski definition) is 1. The Hall–Kier alpha value is -2.82. The number of aromatic nitrogens is 2. The van der Waals surface area contributed by atoms with Gasteiger partial charge in [0.2, 0.25) is 5.91 Å². The number of nitrogens with one attached hydrogen (secondary N) is 1. The molecule has 1 aromatic heterocycles. The summed E-state index contributed by atoms with van der Waals surface area (Å²) in [6.45, 7) is 3.47. The molecule has 0 unspecified atom stereocenters. The molecular weight excluding hydrogens is 338 g/mol. The van der Waals surface area contributed by atoms with Crippen LogP contribution in [-0.2, 0) is 11.2 Å². The van der Waals surface area contributed by atoms with Crippen LogP contribution in [0.15, 0.2) is 48.5 Å². The first-order valence-corrected chi connectivity index (χ1v) is 9.70. The normalized spacial score (nSPS) is 16.8. The van der Waals surface area contributed by atoms with Gasteiger partial charge in [0, 0.05) is 19.4 Å². The number of likely N-dealkylation sites (tertiary alicyclic amines) is 1. The molecule has 1 fully saturated rings. The van der Waals surface area contributed by atoms with Gasteiger partial charge in [-0.2, -0.15) is 0 Å². The summed E-state index contributed by atoms with van der Waals surface area (Å²) < 4.78 is 5.52. The van der Waals surface area contributed by atoms with Crippen LogP contribution in [0.3, 0.4) is 0 Å². The second-order valence-electron chi connectivity index (χ2n) is 6.95. The Morgan fingerprint density at radius 3 is 2.81 bits per heavy atom. The molecular formula is C22H25N3O2. The van der Waals surface area contributed by atoms with Gasteiger partial charge in [0.25, 0.3) is 0 Å². The summed E-state index contributed by atoms with van der Waals surface area (Å²) in [5, 5.41) is 0. The van der Waals surface area contributed by atoms with Crippen LogP contribution < -0.4 is 4.74 Å². The second-order valence-corrected chi connectivity index (χ2v) is 6.95. The van der Waals surface area contributed by atoms with Crippen LogP contribution in [0.4, 0.5) is 0 Å². The summed E-state index contributed by atoms with van der Waals surface area (Å²) in [7, 11) is 0. The zero-order chi connectivity index (χ0) is 18.6. The number of ether oxygens (including phenoxy) is 1. The van der Waals surface area contributed by atoms with Gasteiger partial charge in [-0.1, -0.05) is 24.3 Å². The molecule has 1 saturated heterocycles. The van der Waals surface area contributed by atoms with E-state index in [1.807, 2.05) is 48.2 Å². The Kier molecular flexibility index (Phi) is 5.10. The minimum Gasteiger partial charge on any atom is -0.494 e. The van der Waals surface area contributed by atoms with Gasteiger partial charge in [-0.15, -0.1) is 0 Å². The molecule has 3 aromatic rings. The molecule has 1 aliphatic heterocycles. The SMILES string of the molecule is CCOc1ccc([C@@H]2CCCN2C(=O)CCc2nc3ccccc3[nH]2)cc1. The van der Waals surface area contributed by atoms with E-state index in [1.54, 1.807) is 0 Å².